The van der Waals surface area contributed by atoms with Gasteiger partial charge in [-0.1, -0.05) is 26.0 Å². The van der Waals surface area contributed by atoms with E-state index in [0.29, 0.717) is 5.56 Å². The van der Waals surface area contributed by atoms with Crippen LogP contribution in [0.3, 0.4) is 0 Å². The highest BCUT2D eigenvalue weighted by Crippen LogP contribution is 2.20. The van der Waals surface area contributed by atoms with Crippen LogP contribution in [-0.2, 0) is 30.4 Å². The Morgan fingerprint density at radius 3 is 2.31 bits per heavy atom. The first kappa shape index (κ1) is 24.1. The molecular formula is C21H29NO7. The summed E-state index contributed by atoms with van der Waals surface area (Å²) in [4.78, 5) is 51.8. The summed E-state index contributed by atoms with van der Waals surface area (Å²) in [6, 6.07) is 6.27. The fourth-order valence-corrected chi connectivity index (χ4v) is 2.39. The maximum Gasteiger partial charge on any atom is 0.335 e. The number of hydroxylamine groups is 1. The van der Waals surface area contributed by atoms with Gasteiger partial charge in [0.1, 0.15) is 5.60 Å². The predicted molar refractivity (Wildman–Crippen MR) is 105 cm³/mol. The first-order valence-corrected chi connectivity index (χ1v) is 9.43. The summed E-state index contributed by atoms with van der Waals surface area (Å²) in [5, 5.41) is 9.14. The number of carbonyl (C=O) groups is 4. The smallest absolute Gasteiger partial charge is 0.335 e. The van der Waals surface area contributed by atoms with Crippen molar-refractivity contribution in [3.05, 3.63) is 35.4 Å². The number of benzene rings is 1. The van der Waals surface area contributed by atoms with Crippen molar-refractivity contribution in [2.45, 2.75) is 59.5 Å². The summed E-state index contributed by atoms with van der Waals surface area (Å²) < 4.78 is 5.44. The Bertz CT molecular complexity index is 750. The Balaban J connectivity index is 2.82. The third kappa shape index (κ3) is 9.23. The van der Waals surface area contributed by atoms with Crippen LogP contribution in [0.15, 0.2) is 24.3 Å². The zero-order valence-corrected chi connectivity index (χ0v) is 17.5. The van der Waals surface area contributed by atoms with Crippen LogP contribution in [0, 0.1) is 11.8 Å². The molecule has 0 saturated carbocycles. The van der Waals surface area contributed by atoms with Gasteiger partial charge in [0.2, 0.25) is 0 Å². The molecule has 0 heterocycles. The van der Waals surface area contributed by atoms with Gasteiger partial charge in [-0.15, -0.1) is 0 Å². The van der Waals surface area contributed by atoms with Gasteiger partial charge >= 0.3 is 17.9 Å². The quantitative estimate of drug-likeness (QED) is 0.502. The number of ether oxygens (including phenoxy) is 1. The molecular weight excluding hydrogens is 378 g/mol. The van der Waals surface area contributed by atoms with Gasteiger partial charge in [0.05, 0.1) is 17.4 Å². The van der Waals surface area contributed by atoms with Crippen LogP contribution in [-0.4, -0.2) is 34.5 Å². The molecule has 160 valence electrons. The van der Waals surface area contributed by atoms with Gasteiger partial charge in [-0.3, -0.25) is 9.59 Å². The molecule has 0 aliphatic carbocycles. The zero-order chi connectivity index (χ0) is 22.2. The number of carbonyl (C=O) groups excluding carboxylic acids is 3. The molecule has 1 rings (SSSR count). The molecule has 0 aliphatic heterocycles. The first-order valence-electron chi connectivity index (χ1n) is 9.43. The van der Waals surface area contributed by atoms with Crippen molar-refractivity contribution in [2.75, 3.05) is 0 Å². The minimum atomic E-state index is -1.06. The topological polar surface area (TPSA) is 119 Å². The third-order valence-electron chi connectivity index (χ3n) is 3.85. The summed E-state index contributed by atoms with van der Waals surface area (Å²) in [5.41, 5.74) is 2.14. The fraction of sp³-hybridized carbons (Fsp3) is 0.524. The van der Waals surface area contributed by atoms with Gasteiger partial charge < -0.3 is 14.7 Å². The largest absolute Gasteiger partial charge is 0.478 e. The Labute approximate surface area is 170 Å². The van der Waals surface area contributed by atoms with Gasteiger partial charge in [-0.05, 0) is 51.3 Å². The van der Waals surface area contributed by atoms with Crippen molar-refractivity contribution in [3.8, 4) is 0 Å². The van der Waals surface area contributed by atoms with E-state index >= 15 is 0 Å². The van der Waals surface area contributed by atoms with Crippen molar-refractivity contribution in [2.24, 2.45) is 11.8 Å². The minimum absolute atomic E-state index is 0.0616. The maximum absolute atomic E-state index is 12.6. The Morgan fingerprint density at radius 1 is 1.10 bits per heavy atom. The number of carboxylic acid groups (broad SMARTS) is 1. The molecule has 1 amide bonds. The standard InChI is InChI=1S/C21H29NO7/c1-13(2)19(26)29-22-17(23)10-9-16(20(27)28-21(3,4)5)12-14-7-6-8-15(11-14)18(24)25/h6-8,11,13,16H,9-10,12H2,1-5H3,(H,22,23)(H,24,25). The number of amides is 1. The van der Waals surface area contributed by atoms with E-state index in [1.165, 1.54) is 12.1 Å². The van der Waals surface area contributed by atoms with Crippen LogP contribution in [0.2, 0.25) is 0 Å². The van der Waals surface area contributed by atoms with E-state index in [1.807, 2.05) is 0 Å². The SMILES string of the molecule is CC(C)C(=O)ONC(=O)CCC(Cc1cccc(C(=O)O)c1)C(=O)OC(C)(C)C. The highest BCUT2D eigenvalue weighted by Gasteiger charge is 2.26. The van der Waals surface area contributed by atoms with Crippen LogP contribution >= 0.6 is 0 Å². The number of esters is 1. The third-order valence-corrected chi connectivity index (χ3v) is 3.85. The van der Waals surface area contributed by atoms with Gasteiger partial charge in [0, 0.05) is 6.42 Å². The van der Waals surface area contributed by atoms with E-state index in [9.17, 15) is 19.2 Å². The molecule has 0 saturated heterocycles. The van der Waals surface area contributed by atoms with Crippen molar-refractivity contribution in [3.63, 3.8) is 0 Å². The molecule has 8 nitrogen and oxygen atoms in total. The fourth-order valence-electron chi connectivity index (χ4n) is 2.39. The van der Waals surface area contributed by atoms with E-state index in [0.717, 1.165) is 0 Å². The molecule has 1 aromatic rings. The maximum atomic E-state index is 12.6. The number of rotatable bonds is 8. The highest BCUT2D eigenvalue weighted by molar-refractivity contribution is 5.87. The van der Waals surface area contributed by atoms with Crippen molar-refractivity contribution in [1.29, 1.82) is 0 Å². The second-order valence-electron chi connectivity index (χ2n) is 8.08. The van der Waals surface area contributed by atoms with Gasteiger partial charge in [0.15, 0.2) is 0 Å². The van der Waals surface area contributed by atoms with Gasteiger partial charge in [-0.2, -0.15) is 5.48 Å². The van der Waals surface area contributed by atoms with E-state index in [4.69, 9.17) is 9.84 Å². The summed E-state index contributed by atoms with van der Waals surface area (Å²) in [7, 11) is 0. The summed E-state index contributed by atoms with van der Waals surface area (Å²) in [6.45, 7) is 8.50. The number of nitrogens with one attached hydrogen (secondary N) is 1. The monoisotopic (exact) mass is 407 g/mol. The molecule has 1 unspecified atom stereocenters. The lowest BCUT2D eigenvalue weighted by Gasteiger charge is -2.24. The first-order chi connectivity index (χ1) is 13.4. The lowest BCUT2D eigenvalue weighted by atomic mass is 9.93. The molecule has 0 fully saturated rings. The number of aromatic carboxylic acids is 1. The molecule has 0 aromatic heterocycles. The van der Waals surface area contributed by atoms with E-state index in [2.05, 4.69) is 10.3 Å². The van der Waals surface area contributed by atoms with Crippen LogP contribution in [0.1, 0.15) is 63.4 Å². The minimum Gasteiger partial charge on any atom is -0.478 e. The Morgan fingerprint density at radius 2 is 1.76 bits per heavy atom. The highest BCUT2D eigenvalue weighted by atomic mass is 16.7. The van der Waals surface area contributed by atoms with E-state index < -0.39 is 35.3 Å². The molecule has 0 aliphatic rings. The van der Waals surface area contributed by atoms with Crippen molar-refractivity contribution >= 4 is 23.8 Å². The lowest BCUT2D eigenvalue weighted by Crippen LogP contribution is -2.32. The second kappa shape index (κ2) is 10.6. The van der Waals surface area contributed by atoms with Gasteiger partial charge in [-0.25, -0.2) is 9.59 Å². The predicted octanol–water partition coefficient (Wildman–Crippen LogP) is 2.90. The summed E-state index contributed by atoms with van der Waals surface area (Å²) in [5.74, 6) is -3.69. The molecule has 0 bridgehead atoms. The molecule has 29 heavy (non-hydrogen) atoms. The van der Waals surface area contributed by atoms with Crippen molar-refractivity contribution in [1.82, 2.24) is 5.48 Å². The molecule has 2 N–H and O–H groups in total. The summed E-state index contributed by atoms with van der Waals surface area (Å²) in [6.07, 6.45) is 0.306. The number of hydrogen-bond acceptors (Lipinski definition) is 6. The Hall–Kier alpha value is -2.90. The normalized spacial score (nSPS) is 12.2. The van der Waals surface area contributed by atoms with Crippen molar-refractivity contribution < 1.29 is 33.9 Å². The molecule has 1 atom stereocenters. The van der Waals surface area contributed by atoms with E-state index in [-0.39, 0.29) is 30.7 Å². The van der Waals surface area contributed by atoms with Crippen LogP contribution in [0.5, 0.6) is 0 Å². The zero-order valence-electron chi connectivity index (χ0n) is 17.5. The molecule has 1 aromatic carbocycles. The molecule has 0 radical (unpaired) electrons. The second-order valence-corrected chi connectivity index (χ2v) is 8.08. The van der Waals surface area contributed by atoms with E-state index in [1.54, 1.807) is 46.8 Å². The Kier molecular flexibility index (Phi) is 8.82. The van der Waals surface area contributed by atoms with Crippen LogP contribution in [0.25, 0.3) is 0 Å². The number of carboxylic acids is 1. The summed E-state index contributed by atoms with van der Waals surface area (Å²) >= 11 is 0. The van der Waals surface area contributed by atoms with Gasteiger partial charge in [0.25, 0.3) is 5.91 Å². The van der Waals surface area contributed by atoms with Crippen LogP contribution in [0.4, 0.5) is 0 Å². The molecule has 0 spiro atoms. The average molecular weight is 407 g/mol. The molecule has 8 heteroatoms. The lowest BCUT2D eigenvalue weighted by molar-refractivity contribution is -0.163. The average Bonchev–Trinajstić information content (AvgIpc) is 2.61. The number of hydrogen-bond donors (Lipinski definition) is 2. The van der Waals surface area contributed by atoms with Crippen LogP contribution < -0.4 is 5.48 Å².